The number of halogens is 1. The van der Waals surface area contributed by atoms with Crippen molar-refractivity contribution in [1.29, 1.82) is 0 Å². The predicted molar refractivity (Wildman–Crippen MR) is 102 cm³/mol. The first-order chi connectivity index (χ1) is 12.0. The van der Waals surface area contributed by atoms with Crippen LogP contribution in [0.25, 0.3) is 0 Å². The number of benzene rings is 2. The highest BCUT2D eigenvalue weighted by molar-refractivity contribution is 6.35. The van der Waals surface area contributed by atoms with Crippen LogP contribution < -0.4 is 14.8 Å². The van der Waals surface area contributed by atoms with Gasteiger partial charge in [0, 0.05) is 10.7 Å². The summed E-state index contributed by atoms with van der Waals surface area (Å²) in [6, 6.07) is 14.4. The lowest BCUT2D eigenvalue weighted by atomic mass is 10.2. The molecule has 0 aliphatic heterocycles. The first-order valence-corrected chi connectivity index (χ1v) is 8.20. The highest BCUT2D eigenvalue weighted by Crippen LogP contribution is 2.31. The summed E-state index contributed by atoms with van der Waals surface area (Å²) in [4.78, 5) is 12.1. The van der Waals surface area contributed by atoms with Crippen LogP contribution in [0.15, 0.2) is 71.8 Å². The number of allylic oxidation sites excluding steroid dienone is 1. The molecule has 2 rings (SSSR count). The quantitative estimate of drug-likeness (QED) is 0.524. The number of nitrogens with one attached hydrogen (secondary N) is 1. The van der Waals surface area contributed by atoms with Gasteiger partial charge in [0.2, 0.25) is 0 Å². The van der Waals surface area contributed by atoms with Gasteiger partial charge < -0.3 is 14.8 Å². The Morgan fingerprint density at radius 1 is 1.16 bits per heavy atom. The number of para-hydroxylation sites is 2. The Kier molecular flexibility index (Phi) is 6.66. The summed E-state index contributed by atoms with van der Waals surface area (Å²) in [5.74, 6) is 1.55. The largest absolute Gasteiger partial charge is 0.493 e. The number of anilines is 1. The maximum Gasteiger partial charge on any atom is 0.256 e. The molecule has 0 heterocycles. The Balaban J connectivity index is 2.04. The molecule has 0 spiro atoms. The average molecular weight is 358 g/mol. The molecule has 4 nitrogen and oxygen atoms in total. The number of rotatable bonds is 7. The Labute approximate surface area is 152 Å². The van der Waals surface area contributed by atoms with Crippen molar-refractivity contribution >= 4 is 23.2 Å². The fourth-order valence-corrected chi connectivity index (χ4v) is 2.29. The number of hydrogen-bond acceptors (Lipinski definition) is 3. The van der Waals surface area contributed by atoms with Gasteiger partial charge in [-0.1, -0.05) is 43.3 Å². The van der Waals surface area contributed by atoms with Gasteiger partial charge in [0.25, 0.3) is 5.91 Å². The molecule has 1 N–H and O–H groups in total. The molecule has 0 saturated carbocycles. The second-order valence-electron chi connectivity index (χ2n) is 5.17. The van der Waals surface area contributed by atoms with Gasteiger partial charge in [-0.05, 0) is 42.8 Å². The minimum absolute atomic E-state index is 0.234. The predicted octanol–water partition coefficient (Wildman–Crippen LogP) is 5.51. The van der Waals surface area contributed by atoms with Gasteiger partial charge in [-0.2, -0.15) is 0 Å². The minimum Gasteiger partial charge on any atom is -0.493 e. The van der Waals surface area contributed by atoms with Crippen molar-refractivity contribution in [1.82, 2.24) is 0 Å². The van der Waals surface area contributed by atoms with Gasteiger partial charge in [-0.15, -0.1) is 0 Å². The van der Waals surface area contributed by atoms with E-state index in [-0.39, 0.29) is 11.5 Å². The van der Waals surface area contributed by atoms with E-state index in [0.29, 0.717) is 28.0 Å². The van der Waals surface area contributed by atoms with Crippen LogP contribution in [0.2, 0.25) is 0 Å². The van der Waals surface area contributed by atoms with E-state index in [1.807, 2.05) is 31.2 Å². The zero-order chi connectivity index (χ0) is 18.2. The number of carbonyl (C=O) groups excluding carboxylic acids is 1. The van der Waals surface area contributed by atoms with E-state index in [4.69, 9.17) is 21.1 Å². The third kappa shape index (κ3) is 5.13. The monoisotopic (exact) mass is 357 g/mol. The summed E-state index contributed by atoms with van der Waals surface area (Å²) < 4.78 is 11.0. The van der Waals surface area contributed by atoms with Gasteiger partial charge in [0.15, 0.2) is 11.5 Å². The molecule has 2 aromatic rings. The lowest BCUT2D eigenvalue weighted by molar-refractivity contribution is -0.112. The Hall–Kier alpha value is -2.72. The van der Waals surface area contributed by atoms with Gasteiger partial charge in [-0.25, -0.2) is 0 Å². The Morgan fingerprint density at radius 3 is 2.40 bits per heavy atom. The molecule has 130 valence electrons. The summed E-state index contributed by atoms with van der Waals surface area (Å²) in [5.41, 5.74) is 0.859. The van der Waals surface area contributed by atoms with Crippen LogP contribution in [-0.2, 0) is 4.79 Å². The Morgan fingerprint density at radius 2 is 1.80 bits per heavy atom. The molecule has 1 amide bonds. The van der Waals surface area contributed by atoms with E-state index in [1.54, 1.807) is 37.5 Å². The van der Waals surface area contributed by atoms with Crippen molar-refractivity contribution in [2.45, 2.75) is 13.3 Å². The van der Waals surface area contributed by atoms with E-state index in [1.165, 1.54) is 0 Å². The highest BCUT2D eigenvalue weighted by Gasteiger charge is 2.11. The zero-order valence-electron chi connectivity index (χ0n) is 14.2. The van der Waals surface area contributed by atoms with Crippen molar-refractivity contribution in [3.8, 4) is 17.2 Å². The summed E-state index contributed by atoms with van der Waals surface area (Å²) in [6.45, 7) is 5.65. The molecule has 0 fully saturated rings. The molecule has 5 heteroatoms. The molecule has 0 atom stereocenters. The SMILES string of the molecule is C=C(C(=O)Nc1ccc(Oc2ccccc2OC)cc1)C(Cl)=CCC. The first-order valence-electron chi connectivity index (χ1n) is 7.82. The van der Waals surface area contributed by atoms with Gasteiger partial charge in [-0.3, -0.25) is 4.79 Å². The van der Waals surface area contributed by atoms with Gasteiger partial charge in [0.05, 0.1) is 12.7 Å². The van der Waals surface area contributed by atoms with Gasteiger partial charge >= 0.3 is 0 Å². The van der Waals surface area contributed by atoms with Crippen LogP contribution in [-0.4, -0.2) is 13.0 Å². The number of methoxy groups -OCH3 is 1. The highest BCUT2D eigenvalue weighted by atomic mass is 35.5. The molecule has 0 aliphatic rings. The summed E-state index contributed by atoms with van der Waals surface area (Å²) in [6.07, 6.45) is 2.48. The number of carbonyl (C=O) groups is 1. The van der Waals surface area contributed by atoms with E-state index in [9.17, 15) is 4.79 Å². The minimum atomic E-state index is -0.340. The zero-order valence-corrected chi connectivity index (χ0v) is 15.0. The molecule has 0 unspecified atom stereocenters. The third-order valence-corrected chi connectivity index (χ3v) is 3.74. The molecule has 0 saturated heterocycles. The smallest absolute Gasteiger partial charge is 0.256 e. The molecule has 0 aromatic heterocycles. The third-order valence-electron chi connectivity index (χ3n) is 3.35. The molecule has 0 radical (unpaired) electrons. The van der Waals surface area contributed by atoms with Crippen molar-refractivity contribution in [2.75, 3.05) is 12.4 Å². The van der Waals surface area contributed by atoms with E-state index in [0.717, 1.165) is 6.42 Å². The second kappa shape index (κ2) is 8.94. The lowest BCUT2D eigenvalue weighted by Gasteiger charge is -2.11. The number of hydrogen-bond donors (Lipinski definition) is 1. The molecular formula is C20H20ClNO3. The normalized spacial score (nSPS) is 10.9. The topological polar surface area (TPSA) is 47.6 Å². The van der Waals surface area contributed by atoms with Crippen molar-refractivity contribution in [2.24, 2.45) is 0 Å². The van der Waals surface area contributed by atoms with E-state index >= 15 is 0 Å². The van der Waals surface area contributed by atoms with Gasteiger partial charge in [0.1, 0.15) is 5.75 Å². The fourth-order valence-electron chi connectivity index (χ4n) is 2.05. The van der Waals surface area contributed by atoms with Crippen LogP contribution in [0.1, 0.15) is 13.3 Å². The molecule has 2 aromatic carbocycles. The van der Waals surface area contributed by atoms with E-state index in [2.05, 4.69) is 11.9 Å². The molecule has 0 aliphatic carbocycles. The average Bonchev–Trinajstić information content (AvgIpc) is 2.63. The summed E-state index contributed by atoms with van der Waals surface area (Å²) >= 11 is 6.01. The summed E-state index contributed by atoms with van der Waals surface area (Å²) in [5, 5.41) is 3.11. The number of ether oxygens (including phenoxy) is 2. The lowest BCUT2D eigenvalue weighted by Crippen LogP contribution is -2.13. The molecule has 25 heavy (non-hydrogen) atoms. The summed E-state index contributed by atoms with van der Waals surface area (Å²) in [7, 11) is 1.59. The fraction of sp³-hybridized carbons (Fsp3) is 0.150. The van der Waals surface area contributed by atoms with Crippen LogP contribution in [0, 0.1) is 0 Å². The maximum atomic E-state index is 12.1. The van der Waals surface area contributed by atoms with Crippen molar-refractivity contribution in [3.63, 3.8) is 0 Å². The maximum absolute atomic E-state index is 12.1. The Bertz CT molecular complexity index is 782. The van der Waals surface area contributed by atoms with Crippen molar-refractivity contribution < 1.29 is 14.3 Å². The van der Waals surface area contributed by atoms with Crippen molar-refractivity contribution in [3.05, 3.63) is 71.8 Å². The number of amides is 1. The van der Waals surface area contributed by atoms with E-state index < -0.39 is 0 Å². The van der Waals surface area contributed by atoms with Crippen LogP contribution in [0.5, 0.6) is 17.2 Å². The second-order valence-corrected chi connectivity index (χ2v) is 5.58. The first kappa shape index (κ1) is 18.6. The van der Waals surface area contributed by atoms with Crippen LogP contribution >= 0.6 is 11.6 Å². The van der Waals surface area contributed by atoms with Crippen LogP contribution in [0.4, 0.5) is 5.69 Å². The standard InChI is InChI=1S/C20H20ClNO3/c1-4-7-17(21)14(2)20(23)22-15-10-12-16(13-11-15)25-19-9-6-5-8-18(19)24-3/h5-13H,2,4H2,1,3H3,(H,22,23). The molecular weight excluding hydrogens is 338 g/mol. The van der Waals surface area contributed by atoms with Crippen LogP contribution in [0.3, 0.4) is 0 Å². The molecule has 0 bridgehead atoms.